The van der Waals surface area contributed by atoms with Gasteiger partial charge >= 0.3 is 5.97 Å². The molecule has 1 aromatic heterocycles. The van der Waals surface area contributed by atoms with Gasteiger partial charge in [-0.2, -0.15) is 0 Å². The normalized spacial score (nSPS) is 10.1. The fraction of sp³-hybridized carbons (Fsp3) is 0.462. The van der Waals surface area contributed by atoms with Gasteiger partial charge in [-0.15, -0.1) is 0 Å². The third-order valence-electron chi connectivity index (χ3n) is 2.59. The van der Waals surface area contributed by atoms with Gasteiger partial charge in [-0.05, 0) is 18.6 Å². The zero-order valence-electron chi connectivity index (χ0n) is 10.5. The number of carboxylic acids is 1. The van der Waals surface area contributed by atoms with Crippen LogP contribution in [0.2, 0.25) is 0 Å². The van der Waals surface area contributed by atoms with Crippen LogP contribution in [0.4, 0.5) is 0 Å². The lowest BCUT2D eigenvalue weighted by molar-refractivity contribution is -0.137. The Bertz CT molecular complexity index is 392. The van der Waals surface area contributed by atoms with E-state index in [1.807, 2.05) is 6.92 Å². The molecule has 18 heavy (non-hydrogen) atoms. The van der Waals surface area contributed by atoms with E-state index < -0.39 is 5.97 Å². The zero-order valence-corrected chi connectivity index (χ0v) is 10.5. The maximum atomic E-state index is 12.2. The summed E-state index contributed by atoms with van der Waals surface area (Å²) in [6.45, 7) is 2.87. The van der Waals surface area contributed by atoms with Gasteiger partial charge in [-0.25, -0.2) is 0 Å². The Kier molecular flexibility index (Phi) is 5.84. The number of carbonyl (C=O) groups excluding carboxylic acids is 1. The first-order valence-corrected chi connectivity index (χ1v) is 6.06. The van der Waals surface area contributed by atoms with Crippen LogP contribution in [0, 0.1) is 0 Å². The fourth-order valence-electron chi connectivity index (χ4n) is 1.57. The van der Waals surface area contributed by atoms with E-state index in [0.717, 1.165) is 12.8 Å². The molecule has 0 saturated heterocycles. The van der Waals surface area contributed by atoms with Gasteiger partial charge in [0.05, 0.1) is 6.42 Å². The van der Waals surface area contributed by atoms with E-state index in [4.69, 9.17) is 5.11 Å². The molecule has 0 unspecified atom stereocenters. The van der Waals surface area contributed by atoms with Crippen LogP contribution in [0.3, 0.4) is 0 Å². The number of hydrogen-bond acceptors (Lipinski definition) is 3. The summed E-state index contributed by atoms with van der Waals surface area (Å²) in [7, 11) is 0. The Hall–Kier alpha value is -1.91. The van der Waals surface area contributed by atoms with Crippen molar-refractivity contribution in [3.8, 4) is 0 Å². The molecule has 0 atom stereocenters. The van der Waals surface area contributed by atoms with E-state index in [1.165, 1.54) is 0 Å². The summed E-state index contributed by atoms with van der Waals surface area (Å²) in [4.78, 5) is 28.2. The minimum atomic E-state index is -0.890. The fourth-order valence-corrected chi connectivity index (χ4v) is 1.57. The number of pyridine rings is 1. The first-order valence-electron chi connectivity index (χ1n) is 6.06. The van der Waals surface area contributed by atoms with Crippen LogP contribution in [0.1, 0.15) is 36.5 Å². The molecule has 1 aromatic rings. The third kappa shape index (κ3) is 4.53. The van der Waals surface area contributed by atoms with Crippen LogP contribution >= 0.6 is 0 Å². The molecule has 0 fully saturated rings. The van der Waals surface area contributed by atoms with Gasteiger partial charge in [0, 0.05) is 31.0 Å². The molecule has 1 amide bonds. The Morgan fingerprint density at radius 1 is 1.28 bits per heavy atom. The van der Waals surface area contributed by atoms with Gasteiger partial charge in [-0.3, -0.25) is 14.6 Å². The summed E-state index contributed by atoms with van der Waals surface area (Å²) in [5.74, 6) is -1.02. The monoisotopic (exact) mass is 250 g/mol. The van der Waals surface area contributed by atoms with E-state index >= 15 is 0 Å². The van der Waals surface area contributed by atoms with Gasteiger partial charge in [-0.1, -0.05) is 13.3 Å². The second-order valence-electron chi connectivity index (χ2n) is 4.03. The molecule has 0 aromatic carbocycles. The number of carbonyl (C=O) groups is 2. The molecular formula is C13H18N2O3. The minimum absolute atomic E-state index is 0.0272. The number of aromatic nitrogens is 1. The molecule has 1 heterocycles. The lowest BCUT2D eigenvalue weighted by Crippen LogP contribution is -2.33. The van der Waals surface area contributed by atoms with Crippen molar-refractivity contribution >= 4 is 11.9 Å². The highest BCUT2D eigenvalue weighted by molar-refractivity contribution is 5.94. The van der Waals surface area contributed by atoms with E-state index in [0.29, 0.717) is 12.1 Å². The van der Waals surface area contributed by atoms with Crippen molar-refractivity contribution in [2.45, 2.75) is 26.2 Å². The van der Waals surface area contributed by atoms with Gasteiger partial charge in [0.1, 0.15) is 0 Å². The maximum absolute atomic E-state index is 12.2. The van der Waals surface area contributed by atoms with Crippen molar-refractivity contribution in [1.82, 2.24) is 9.88 Å². The predicted molar refractivity (Wildman–Crippen MR) is 67.3 cm³/mol. The summed E-state index contributed by atoms with van der Waals surface area (Å²) >= 11 is 0. The number of hydrogen-bond donors (Lipinski definition) is 1. The highest BCUT2D eigenvalue weighted by Gasteiger charge is 2.15. The average Bonchev–Trinajstić information content (AvgIpc) is 2.39. The van der Waals surface area contributed by atoms with Crippen LogP contribution in [0.5, 0.6) is 0 Å². The summed E-state index contributed by atoms with van der Waals surface area (Å²) in [6, 6.07) is 3.28. The van der Waals surface area contributed by atoms with Crippen molar-refractivity contribution < 1.29 is 14.7 Å². The second kappa shape index (κ2) is 7.42. The number of nitrogens with zero attached hydrogens (tertiary/aromatic N) is 2. The molecule has 98 valence electrons. The van der Waals surface area contributed by atoms with Crippen LogP contribution in [-0.2, 0) is 4.79 Å². The van der Waals surface area contributed by atoms with Crippen LogP contribution in [0.25, 0.3) is 0 Å². The van der Waals surface area contributed by atoms with Gasteiger partial charge in [0.15, 0.2) is 0 Å². The molecule has 0 bridgehead atoms. The van der Waals surface area contributed by atoms with E-state index in [1.54, 1.807) is 29.4 Å². The Labute approximate surface area is 106 Å². The van der Waals surface area contributed by atoms with Crippen LogP contribution in [0.15, 0.2) is 24.5 Å². The van der Waals surface area contributed by atoms with E-state index in [2.05, 4.69) is 4.98 Å². The number of rotatable bonds is 7. The summed E-state index contributed by atoms with van der Waals surface area (Å²) in [5, 5.41) is 8.69. The van der Waals surface area contributed by atoms with Crippen molar-refractivity contribution in [3.05, 3.63) is 30.1 Å². The number of amides is 1. The lowest BCUT2D eigenvalue weighted by Gasteiger charge is -2.21. The number of aliphatic carboxylic acids is 1. The summed E-state index contributed by atoms with van der Waals surface area (Å²) in [5.41, 5.74) is 0.548. The SMILES string of the molecule is CCCCN(CCC(=O)O)C(=O)c1ccncc1. The molecule has 5 heteroatoms. The van der Waals surface area contributed by atoms with Crippen molar-refractivity contribution in [3.63, 3.8) is 0 Å². The van der Waals surface area contributed by atoms with Gasteiger partial charge in [0.2, 0.25) is 0 Å². The average molecular weight is 250 g/mol. The maximum Gasteiger partial charge on any atom is 0.305 e. The minimum Gasteiger partial charge on any atom is -0.481 e. The Morgan fingerprint density at radius 2 is 1.94 bits per heavy atom. The molecule has 1 rings (SSSR count). The summed E-state index contributed by atoms with van der Waals surface area (Å²) < 4.78 is 0. The van der Waals surface area contributed by atoms with Crippen LogP contribution in [-0.4, -0.2) is 40.0 Å². The molecule has 0 saturated carbocycles. The number of carboxylic acid groups (broad SMARTS) is 1. The highest BCUT2D eigenvalue weighted by atomic mass is 16.4. The smallest absolute Gasteiger partial charge is 0.305 e. The molecule has 0 aliphatic carbocycles. The van der Waals surface area contributed by atoms with E-state index in [9.17, 15) is 9.59 Å². The predicted octanol–water partition coefficient (Wildman–Crippen LogP) is 1.80. The van der Waals surface area contributed by atoms with Gasteiger partial charge < -0.3 is 10.0 Å². The molecule has 0 radical (unpaired) electrons. The lowest BCUT2D eigenvalue weighted by atomic mass is 10.2. The topological polar surface area (TPSA) is 70.5 Å². The number of unbranched alkanes of at least 4 members (excludes halogenated alkanes) is 1. The molecule has 0 aliphatic rings. The standard InChI is InChI=1S/C13H18N2O3/c1-2-3-9-15(10-6-12(16)17)13(18)11-4-7-14-8-5-11/h4-5,7-8H,2-3,6,9-10H2,1H3,(H,16,17). The Balaban J connectivity index is 2.69. The first kappa shape index (κ1) is 14.2. The first-order chi connectivity index (χ1) is 8.65. The Morgan fingerprint density at radius 3 is 2.50 bits per heavy atom. The highest BCUT2D eigenvalue weighted by Crippen LogP contribution is 2.06. The van der Waals surface area contributed by atoms with Crippen LogP contribution < -0.4 is 0 Å². The molecule has 5 nitrogen and oxygen atoms in total. The van der Waals surface area contributed by atoms with Gasteiger partial charge in [0.25, 0.3) is 5.91 Å². The molecule has 0 aliphatic heterocycles. The quantitative estimate of drug-likeness (QED) is 0.801. The summed E-state index contributed by atoms with van der Waals surface area (Å²) in [6.07, 6.45) is 4.93. The molecular weight excluding hydrogens is 232 g/mol. The molecule has 1 N–H and O–H groups in total. The van der Waals surface area contributed by atoms with E-state index in [-0.39, 0.29) is 18.9 Å². The van der Waals surface area contributed by atoms with Crippen molar-refractivity contribution in [2.75, 3.05) is 13.1 Å². The second-order valence-corrected chi connectivity index (χ2v) is 4.03. The zero-order chi connectivity index (χ0) is 13.4. The van der Waals surface area contributed by atoms with Crippen molar-refractivity contribution in [2.24, 2.45) is 0 Å². The largest absolute Gasteiger partial charge is 0.481 e. The molecule has 0 spiro atoms. The third-order valence-corrected chi connectivity index (χ3v) is 2.59. The van der Waals surface area contributed by atoms with Crippen molar-refractivity contribution in [1.29, 1.82) is 0 Å².